The number of nitrogens with zero attached hydrogens (tertiary/aromatic N) is 2. The summed E-state index contributed by atoms with van der Waals surface area (Å²) in [5.41, 5.74) is 3.01. The van der Waals surface area contributed by atoms with Crippen molar-refractivity contribution in [1.82, 2.24) is 9.88 Å². The highest BCUT2D eigenvalue weighted by atomic mass is 32.1. The van der Waals surface area contributed by atoms with Gasteiger partial charge in [0.2, 0.25) is 5.88 Å². The van der Waals surface area contributed by atoms with Crippen molar-refractivity contribution in [3.05, 3.63) is 34.4 Å². The fourth-order valence-electron chi connectivity index (χ4n) is 4.33. The molecule has 0 radical (unpaired) electrons. The van der Waals surface area contributed by atoms with Crippen molar-refractivity contribution in [3.63, 3.8) is 0 Å². The minimum Gasteiger partial charge on any atom is -0.469 e. The van der Waals surface area contributed by atoms with E-state index < -0.39 is 0 Å². The molecule has 22 heavy (non-hydrogen) atoms. The van der Waals surface area contributed by atoms with Crippen molar-refractivity contribution in [2.45, 2.75) is 24.9 Å². The first-order valence-corrected chi connectivity index (χ1v) is 8.75. The van der Waals surface area contributed by atoms with Crippen LogP contribution in [0.1, 0.15) is 18.4 Å². The van der Waals surface area contributed by atoms with Crippen LogP contribution in [0.4, 0.5) is 4.39 Å². The molecule has 0 aromatic carbocycles. The van der Waals surface area contributed by atoms with Crippen LogP contribution >= 0.6 is 11.3 Å². The predicted octanol–water partition coefficient (Wildman–Crippen LogP) is 3.35. The van der Waals surface area contributed by atoms with Gasteiger partial charge < -0.3 is 4.74 Å². The number of ether oxygens (including phenoxy) is 1. The maximum absolute atomic E-state index is 13.2. The molecule has 6 heterocycles. The summed E-state index contributed by atoms with van der Waals surface area (Å²) in [7, 11) is 0. The van der Waals surface area contributed by atoms with Crippen LogP contribution in [0.15, 0.2) is 23.7 Å². The van der Waals surface area contributed by atoms with Gasteiger partial charge in [-0.05, 0) is 43.6 Å². The van der Waals surface area contributed by atoms with Crippen LogP contribution in [0.25, 0.3) is 11.1 Å². The Hall–Kier alpha value is -1.46. The summed E-state index contributed by atoms with van der Waals surface area (Å²) in [4.78, 5) is 7.03. The summed E-state index contributed by atoms with van der Waals surface area (Å²) in [6.07, 6.45) is 5.21. The average Bonchev–Trinajstić information content (AvgIpc) is 3.11. The zero-order valence-electron chi connectivity index (χ0n) is 12.2. The van der Waals surface area contributed by atoms with Crippen LogP contribution in [0.3, 0.4) is 0 Å². The molecule has 1 atom stereocenters. The van der Waals surface area contributed by atoms with E-state index >= 15 is 0 Å². The van der Waals surface area contributed by atoms with Gasteiger partial charge in [0, 0.05) is 41.6 Å². The van der Waals surface area contributed by atoms with E-state index in [1.807, 2.05) is 5.38 Å². The Balaban J connectivity index is 1.49. The van der Waals surface area contributed by atoms with E-state index in [0.29, 0.717) is 5.92 Å². The number of rotatable bonds is 1. The zero-order chi connectivity index (χ0) is 14.7. The number of hydrogen-bond acceptors (Lipinski definition) is 4. The van der Waals surface area contributed by atoms with Crippen molar-refractivity contribution in [3.8, 4) is 17.0 Å². The van der Waals surface area contributed by atoms with Crippen LogP contribution in [-0.2, 0) is 6.42 Å². The maximum Gasteiger partial charge on any atom is 0.217 e. The third kappa shape index (κ3) is 1.85. The lowest BCUT2D eigenvalue weighted by Crippen LogP contribution is -2.61. The normalized spacial score (nSPS) is 32.2. The van der Waals surface area contributed by atoms with E-state index in [9.17, 15) is 4.39 Å². The quantitative estimate of drug-likeness (QED) is 0.807. The fourth-order valence-corrected chi connectivity index (χ4v) is 4.97. The van der Waals surface area contributed by atoms with Crippen molar-refractivity contribution < 1.29 is 9.13 Å². The number of aromatic nitrogens is 1. The van der Waals surface area contributed by atoms with Crippen LogP contribution in [-0.4, -0.2) is 35.1 Å². The van der Waals surface area contributed by atoms with Gasteiger partial charge in [0.15, 0.2) is 5.13 Å². The van der Waals surface area contributed by atoms with Crippen molar-refractivity contribution in [1.29, 1.82) is 0 Å². The minimum absolute atomic E-state index is 0.0651. The van der Waals surface area contributed by atoms with Gasteiger partial charge in [-0.15, -0.1) is 11.3 Å². The summed E-state index contributed by atoms with van der Waals surface area (Å²) >= 11 is 1.13. The second kappa shape index (κ2) is 4.52. The zero-order valence-corrected chi connectivity index (χ0v) is 13.0. The standard InChI is InChI=1S/C17H17FN2OS/c18-15-6-13(9-22-15)12-5-11-7-17(21-16(11)19-8-12)10-20-3-1-14(17)2-4-20/h5-6,8-9,14H,1-4,7,10H2/t17-/m0/s1. The Morgan fingerprint density at radius 1 is 1.27 bits per heavy atom. The molecule has 3 saturated heterocycles. The molecule has 0 unspecified atom stereocenters. The molecule has 0 aliphatic carbocycles. The molecule has 4 aliphatic rings. The first kappa shape index (κ1) is 13.0. The number of halogens is 1. The molecule has 5 heteroatoms. The number of thiophene rings is 1. The lowest BCUT2D eigenvalue weighted by Gasteiger charge is -2.50. The van der Waals surface area contributed by atoms with Crippen molar-refractivity contribution >= 4 is 11.3 Å². The molecule has 114 valence electrons. The number of piperidine rings is 3. The molecule has 1 spiro atoms. The lowest BCUT2D eigenvalue weighted by atomic mass is 9.73. The molecule has 3 fully saturated rings. The SMILES string of the molecule is Fc1cc(-c2cnc3c(c2)C[C@@]2(CN4CCC2CC4)O3)cs1. The Morgan fingerprint density at radius 2 is 2.14 bits per heavy atom. The third-order valence-electron chi connectivity index (χ3n) is 5.44. The van der Waals surface area contributed by atoms with E-state index in [1.54, 1.807) is 12.3 Å². The molecule has 4 aliphatic heterocycles. The van der Waals surface area contributed by atoms with Gasteiger partial charge >= 0.3 is 0 Å². The van der Waals surface area contributed by atoms with Crippen molar-refractivity contribution in [2.75, 3.05) is 19.6 Å². The lowest BCUT2D eigenvalue weighted by molar-refractivity contribution is -0.0814. The van der Waals surface area contributed by atoms with E-state index in [2.05, 4.69) is 16.0 Å². The molecule has 0 saturated carbocycles. The summed E-state index contributed by atoms with van der Waals surface area (Å²) in [6.45, 7) is 3.44. The fraction of sp³-hybridized carbons (Fsp3) is 0.471. The molecule has 2 aromatic heterocycles. The summed E-state index contributed by atoms with van der Waals surface area (Å²) in [6, 6.07) is 3.71. The van der Waals surface area contributed by atoms with E-state index in [-0.39, 0.29) is 10.7 Å². The molecular weight excluding hydrogens is 299 g/mol. The van der Waals surface area contributed by atoms with E-state index in [4.69, 9.17) is 4.74 Å². The van der Waals surface area contributed by atoms with E-state index in [0.717, 1.165) is 41.3 Å². The third-order valence-corrected chi connectivity index (χ3v) is 6.15. The Kier molecular flexibility index (Phi) is 2.68. The second-order valence-electron chi connectivity index (χ2n) is 6.72. The minimum atomic E-state index is -0.152. The van der Waals surface area contributed by atoms with Gasteiger partial charge in [0.25, 0.3) is 0 Å². The highest BCUT2D eigenvalue weighted by Crippen LogP contribution is 2.46. The first-order chi connectivity index (χ1) is 10.7. The topological polar surface area (TPSA) is 25.4 Å². The highest BCUT2D eigenvalue weighted by Gasteiger charge is 2.52. The van der Waals surface area contributed by atoms with Crippen LogP contribution < -0.4 is 4.74 Å². The van der Waals surface area contributed by atoms with Crippen LogP contribution in [0.2, 0.25) is 0 Å². The largest absolute Gasteiger partial charge is 0.469 e. The maximum atomic E-state index is 13.2. The smallest absolute Gasteiger partial charge is 0.217 e. The molecule has 2 bridgehead atoms. The second-order valence-corrected chi connectivity index (χ2v) is 7.58. The van der Waals surface area contributed by atoms with Gasteiger partial charge in [0.1, 0.15) is 5.60 Å². The molecular formula is C17H17FN2OS. The molecule has 0 amide bonds. The summed E-state index contributed by atoms with van der Waals surface area (Å²) in [5, 5.41) is 1.69. The Morgan fingerprint density at radius 3 is 2.82 bits per heavy atom. The molecule has 2 aromatic rings. The molecule has 3 nitrogen and oxygen atoms in total. The molecule has 6 rings (SSSR count). The number of fused-ring (bicyclic) bond motifs is 3. The van der Waals surface area contributed by atoms with Gasteiger partial charge in [-0.1, -0.05) is 0 Å². The summed E-state index contributed by atoms with van der Waals surface area (Å²) in [5.74, 6) is 1.43. The number of hydrogen-bond donors (Lipinski definition) is 0. The van der Waals surface area contributed by atoms with Crippen molar-refractivity contribution in [2.24, 2.45) is 5.92 Å². The van der Waals surface area contributed by atoms with Gasteiger partial charge in [-0.3, -0.25) is 4.90 Å². The predicted molar refractivity (Wildman–Crippen MR) is 83.7 cm³/mol. The average molecular weight is 316 g/mol. The highest BCUT2D eigenvalue weighted by molar-refractivity contribution is 7.08. The van der Waals surface area contributed by atoms with E-state index in [1.165, 1.54) is 31.5 Å². The summed E-state index contributed by atoms with van der Waals surface area (Å²) < 4.78 is 19.6. The van der Waals surface area contributed by atoms with Gasteiger partial charge in [-0.2, -0.15) is 4.39 Å². The Bertz CT molecular complexity index is 738. The monoisotopic (exact) mass is 316 g/mol. The Labute approximate surface area is 132 Å². The van der Waals surface area contributed by atoms with Gasteiger partial charge in [-0.25, -0.2) is 4.98 Å². The first-order valence-electron chi connectivity index (χ1n) is 7.87. The van der Waals surface area contributed by atoms with Gasteiger partial charge in [0.05, 0.1) is 0 Å². The van der Waals surface area contributed by atoms with Crippen LogP contribution in [0, 0.1) is 11.0 Å². The number of pyridine rings is 1. The van der Waals surface area contributed by atoms with Crippen LogP contribution in [0.5, 0.6) is 5.88 Å². The molecule has 0 N–H and O–H groups in total.